The molecule has 3 nitrogen and oxygen atoms in total. The summed E-state index contributed by atoms with van der Waals surface area (Å²) in [4.78, 5) is 13.6. The third kappa shape index (κ3) is 3.57. The first-order chi connectivity index (χ1) is 8.70. The Morgan fingerprint density at radius 2 is 1.89 bits per heavy atom. The van der Waals surface area contributed by atoms with Crippen LogP contribution in [-0.2, 0) is 17.8 Å². The van der Waals surface area contributed by atoms with Gasteiger partial charge in [0.15, 0.2) is 0 Å². The van der Waals surface area contributed by atoms with Crippen LogP contribution in [0.25, 0.3) is 0 Å². The molecule has 0 saturated heterocycles. The van der Waals surface area contributed by atoms with Crippen molar-refractivity contribution in [2.24, 2.45) is 0 Å². The lowest BCUT2D eigenvalue weighted by Gasteiger charge is -2.16. The fraction of sp³-hybridized carbons (Fsp3) is 0.533. The molecule has 0 radical (unpaired) electrons. The van der Waals surface area contributed by atoms with E-state index in [2.05, 4.69) is 36.5 Å². The van der Waals surface area contributed by atoms with Gasteiger partial charge < -0.3 is 10.2 Å². The van der Waals surface area contributed by atoms with Crippen molar-refractivity contribution < 1.29 is 4.79 Å². The number of aryl methyl sites for hydroxylation is 1. The number of nitrogens with one attached hydrogen (secondary N) is 1. The Hall–Kier alpha value is -1.35. The van der Waals surface area contributed by atoms with E-state index < -0.39 is 0 Å². The zero-order valence-corrected chi connectivity index (χ0v) is 11.3. The molecule has 0 heterocycles. The first-order valence-corrected chi connectivity index (χ1v) is 6.75. The van der Waals surface area contributed by atoms with E-state index in [9.17, 15) is 4.79 Å². The third-order valence-electron chi connectivity index (χ3n) is 3.52. The molecule has 0 unspecified atom stereocenters. The average Bonchev–Trinajstić information content (AvgIpc) is 3.23. The van der Waals surface area contributed by atoms with Gasteiger partial charge in [-0.05, 0) is 30.4 Å². The standard InChI is InChI=1S/C15H22N2O/c1-3-12-4-6-13(7-5-12)10-16-11-15(18)17(2)14-8-9-14/h4-7,14,16H,3,8-11H2,1-2H3. The van der Waals surface area contributed by atoms with Crippen LogP contribution in [0.4, 0.5) is 0 Å². The number of benzene rings is 1. The third-order valence-corrected chi connectivity index (χ3v) is 3.52. The SMILES string of the molecule is CCc1ccc(CNCC(=O)N(C)C2CC2)cc1. The lowest BCUT2D eigenvalue weighted by Crippen LogP contribution is -2.36. The molecule has 1 aromatic carbocycles. The highest BCUT2D eigenvalue weighted by atomic mass is 16.2. The summed E-state index contributed by atoms with van der Waals surface area (Å²) in [7, 11) is 1.90. The normalized spacial score (nSPS) is 14.6. The topological polar surface area (TPSA) is 32.3 Å². The van der Waals surface area contributed by atoms with Crippen molar-refractivity contribution in [3.63, 3.8) is 0 Å². The van der Waals surface area contributed by atoms with Gasteiger partial charge in [0.25, 0.3) is 0 Å². The van der Waals surface area contributed by atoms with Crippen molar-refractivity contribution in [3.8, 4) is 0 Å². The maximum absolute atomic E-state index is 11.8. The zero-order chi connectivity index (χ0) is 13.0. The molecule has 1 saturated carbocycles. The second-order valence-corrected chi connectivity index (χ2v) is 5.01. The molecule has 1 aliphatic carbocycles. The Labute approximate surface area is 109 Å². The quantitative estimate of drug-likeness (QED) is 0.832. The summed E-state index contributed by atoms with van der Waals surface area (Å²) in [5, 5.41) is 3.21. The van der Waals surface area contributed by atoms with Gasteiger partial charge in [-0.3, -0.25) is 4.79 Å². The number of hydrogen-bond donors (Lipinski definition) is 1. The largest absolute Gasteiger partial charge is 0.342 e. The number of nitrogens with zero attached hydrogens (tertiary/aromatic N) is 1. The molecule has 0 atom stereocenters. The summed E-state index contributed by atoms with van der Waals surface area (Å²) in [6.45, 7) is 3.34. The van der Waals surface area contributed by atoms with Crippen molar-refractivity contribution >= 4 is 5.91 Å². The maximum Gasteiger partial charge on any atom is 0.236 e. The molecule has 1 aliphatic rings. The molecule has 1 amide bonds. The summed E-state index contributed by atoms with van der Waals surface area (Å²) in [5.74, 6) is 0.197. The van der Waals surface area contributed by atoms with Crippen LogP contribution in [0.15, 0.2) is 24.3 Å². The van der Waals surface area contributed by atoms with E-state index >= 15 is 0 Å². The first-order valence-electron chi connectivity index (χ1n) is 6.75. The summed E-state index contributed by atoms with van der Waals surface area (Å²) < 4.78 is 0. The Morgan fingerprint density at radius 1 is 1.28 bits per heavy atom. The van der Waals surface area contributed by atoms with Gasteiger partial charge in [-0.1, -0.05) is 31.2 Å². The molecular weight excluding hydrogens is 224 g/mol. The number of amides is 1. The molecular formula is C15H22N2O. The fourth-order valence-electron chi connectivity index (χ4n) is 2.00. The van der Waals surface area contributed by atoms with Gasteiger partial charge in [-0.15, -0.1) is 0 Å². The van der Waals surface area contributed by atoms with Crippen LogP contribution in [0.2, 0.25) is 0 Å². The monoisotopic (exact) mass is 246 g/mol. The summed E-state index contributed by atoms with van der Waals surface area (Å²) in [6, 6.07) is 9.05. The molecule has 2 rings (SSSR count). The van der Waals surface area contributed by atoms with Crippen LogP contribution in [0.1, 0.15) is 30.9 Å². The molecule has 1 aromatic rings. The van der Waals surface area contributed by atoms with Gasteiger partial charge in [0, 0.05) is 19.6 Å². The summed E-state index contributed by atoms with van der Waals surface area (Å²) >= 11 is 0. The van der Waals surface area contributed by atoms with Crippen LogP contribution >= 0.6 is 0 Å². The average molecular weight is 246 g/mol. The van der Waals surface area contributed by atoms with Crippen molar-refractivity contribution in [1.29, 1.82) is 0 Å². The minimum atomic E-state index is 0.197. The number of hydrogen-bond acceptors (Lipinski definition) is 2. The van der Waals surface area contributed by atoms with Crippen molar-refractivity contribution in [2.45, 2.75) is 38.8 Å². The van der Waals surface area contributed by atoms with E-state index in [0.717, 1.165) is 13.0 Å². The van der Waals surface area contributed by atoms with Gasteiger partial charge in [0.1, 0.15) is 0 Å². The Kier molecular flexibility index (Phi) is 4.37. The van der Waals surface area contributed by atoms with Crippen LogP contribution < -0.4 is 5.32 Å². The van der Waals surface area contributed by atoms with Crippen molar-refractivity contribution in [3.05, 3.63) is 35.4 Å². The van der Waals surface area contributed by atoms with Gasteiger partial charge >= 0.3 is 0 Å². The van der Waals surface area contributed by atoms with Gasteiger partial charge in [0.05, 0.1) is 6.54 Å². The van der Waals surface area contributed by atoms with E-state index in [1.807, 2.05) is 11.9 Å². The van der Waals surface area contributed by atoms with E-state index in [-0.39, 0.29) is 5.91 Å². The summed E-state index contributed by atoms with van der Waals surface area (Å²) in [5.41, 5.74) is 2.58. The second-order valence-electron chi connectivity index (χ2n) is 5.01. The molecule has 18 heavy (non-hydrogen) atoms. The Bertz CT molecular complexity index is 395. The Balaban J connectivity index is 1.72. The van der Waals surface area contributed by atoms with E-state index in [4.69, 9.17) is 0 Å². The Morgan fingerprint density at radius 3 is 2.44 bits per heavy atom. The molecule has 0 bridgehead atoms. The molecule has 98 valence electrons. The van der Waals surface area contributed by atoms with Crippen LogP contribution in [0, 0.1) is 0 Å². The lowest BCUT2D eigenvalue weighted by atomic mass is 10.1. The highest BCUT2D eigenvalue weighted by molar-refractivity contribution is 5.78. The number of rotatable bonds is 6. The molecule has 0 spiro atoms. The van der Waals surface area contributed by atoms with Crippen molar-refractivity contribution in [2.75, 3.05) is 13.6 Å². The van der Waals surface area contributed by atoms with Crippen LogP contribution in [0.3, 0.4) is 0 Å². The minimum absolute atomic E-state index is 0.197. The number of carbonyl (C=O) groups is 1. The number of carbonyl (C=O) groups excluding carboxylic acids is 1. The molecule has 3 heteroatoms. The summed E-state index contributed by atoms with van der Waals surface area (Å²) in [6.07, 6.45) is 3.40. The second kappa shape index (κ2) is 6.01. The minimum Gasteiger partial charge on any atom is -0.342 e. The van der Waals surface area contributed by atoms with E-state index in [1.165, 1.54) is 24.0 Å². The molecule has 1 fully saturated rings. The molecule has 1 N–H and O–H groups in total. The predicted molar refractivity (Wildman–Crippen MR) is 73.3 cm³/mol. The highest BCUT2D eigenvalue weighted by Gasteiger charge is 2.28. The van der Waals surface area contributed by atoms with E-state index in [1.54, 1.807) is 0 Å². The zero-order valence-electron chi connectivity index (χ0n) is 11.3. The number of likely N-dealkylation sites (N-methyl/N-ethyl adjacent to an activating group) is 1. The fourth-order valence-corrected chi connectivity index (χ4v) is 2.00. The molecule has 0 aliphatic heterocycles. The van der Waals surface area contributed by atoms with Gasteiger partial charge in [-0.2, -0.15) is 0 Å². The predicted octanol–water partition coefficient (Wildman–Crippen LogP) is 1.96. The molecule has 0 aromatic heterocycles. The van der Waals surface area contributed by atoms with Crippen LogP contribution in [-0.4, -0.2) is 30.4 Å². The lowest BCUT2D eigenvalue weighted by molar-refractivity contribution is -0.129. The first kappa shape index (κ1) is 13.1. The van der Waals surface area contributed by atoms with Crippen molar-refractivity contribution in [1.82, 2.24) is 10.2 Å². The smallest absolute Gasteiger partial charge is 0.236 e. The van der Waals surface area contributed by atoms with E-state index in [0.29, 0.717) is 12.6 Å². The highest BCUT2D eigenvalue weighted by Crippen LogP contribution is 2.25. The van der Waals surface area contributed by atoms with Gasteiger partial charge in [0.2, 0.25) is 5.91 Å². The van der Waals surface area contributed by atoms with Gasteiger partial charge in [-0.25, -0.2) is 0 Å². The van der Waals surface area contributed by atoms with Crippen LogP contribution in [0.5, 0.6) is 0 Å². The maximum atomic E-state index is 11.8.